The molecule has 6 heteroatoms. The Hall–Kier alpha value is -1.44. The first kappa shape index (κ1) is 16.6. The van der Waals surface area contributed by atoms with Gasteiger partial charge in [0.2, 0.25) is 0 Å². The third-order valence-corrected chi connectivity index (χ3v) is 3.10. The van der Waals surface area contributed by atoms with Crippen LogP contribution in [0.2, 0.25) is 0 Å². The first-order valence-electron chi connectivity index (χ1n) is 6.14. The predicted molar refractivity (Wildman–Crippen MR) is 72.8 cm³/mol. The van der Waals surface area contributed by atoms with Gasteiger partial charge in [-0.2, -0.15) is 0 Å². The summed E-state index contributed by atoms with van der Waals surface area (Å²) in [6, 6.07) is 8.60. The van der Waals surface area contributed by atoms with E-state index in [0.717, 1.165) is 6.92 Å². The Kier molecular flexibility index (Phi) is 5.67. The molecular formula is C14H20O6. The van der Waals surface area contributed by atoms with Crippen molar-refractivity contribution >= 4 is 6.08 Å². The van der Waals surface area contributed by atoms with E-state index >= 15 is 0 Å². The summed E-state index contributed by atoms with van der Waals surface area (Å²) in [5, 5.41) is 57.4. The molecule has 20 heavy (non-hydrogen) atoms. The zero-order valence-corrected chi connectivity index (χ0v) is 11.1. The van der Waals surface area contributed by atoms with Gasteiger partial charge in [-0.1, -0.05) is 30.3 Å². The molecule has 112 valence electrons. The summed E-state index contributed by atoms with van der Waals surface area (Å²) in [4.78, 5) is 0. The van der Waals surface area contributed by atoms with Crippen LogP contribution in [0.15, 0.2) is 36.1 Å². The zero-order chi connectivity index (χ0) is 15.3. The van der Waals surface area contributed by atoms with E-state index in [0.29, 0.717) is 5.56 Å². The molecule has 0 aliphatic heterocycles. The Labute approximate surface area is 116 Å². The summed E-state index contributed by atoms with van der Waals surface area (Å²) in [7, 11) is 0. The summed E-state index contributed by atoms with van der Waals surface area (Å²) in [5.74, 6) is -0.569. The van der Waals surface area contributed by atoms with E-state index in [1.165, 1.54) is 6.08 Å². The average Bonchev–Trinajstić information content (AvgIpc) is 2.45. The largest absolute Gasteiger partial charge is 0.509 e. The predicted octanol–water partition coefficient (Wildman–Crippen LogP) is -0.589. The van der Waals surface area contributed by atoms with Crippen LogP contribution < -0.4 is 0 Å². The molecule has 0 fully saturated rings. The van der Waals surface area contributed by atoms with E-state index in [9.17, 15) is 25.5 Å². The highest BCUT2D eigenvalue weighted by Crippen LogP contribution is 2.24. The molecule has 0 radical (unpaired) electrons. The number of aliphatic hydroxyl groups excluding tert-OH is 5. The molecule has 0 aliphatic carbocycles. The topological polar surface area (TPSA) is 121 Å². The van der Waals surface area contributed by atoms with E-state index in [4.69, 9.17) is 5.11 Å². The van der Waals surface area contributed by atoms with Gasteiger partial charge in [-0.05, 0) is 18.6 Å². The van der Waals surface area contributed by atoms with E-state index in [2.05, 4.69) is 0 Å². The van der Waals surface area contributed by atoms with E-state index in [1.807, 2.05) is 0 Å². The standard InChI is InChI=1S/C14H20O6/c1-14(20,13(19)12(18)10(16)8-15)11(17)7-9-5-3-2-4-6-9/h2-7,10,12-13,15-20H,8H2,1H3/t10-,12-,13+,14+/m1/s1. The number of rotatable bonds is 6. The average molecular weight is 284 g/mol. The van der Waals surface area contributed by atoms with Crippen LogP contribution in [0, 0.1) is 0 Å². The minimum absolute atomic E-state index is 0.569. The van der Waals surface area contributed by atoms with Gasteiger partial charge in [-0.15, -0.1) is 0 Å². The van der Waals surface area contributed by atoms with E-state index in [-0.39, 0.29) is 0 Å². The molecule has 1 aromatic rings. The molecule has 0 unspecified atom stereocenters. The maximum atomic E-state index is 10.1. The van der Waals surface area contributed by atoms with Crippen molar-refractivity contribution in [1.82, 2.24) is 0 Å². The second kappa shape index (κ2) is 6.83. The summed E-state index contributed by atoms with van der Waals surface area (Å²) < 4.78 is 0. The Balaban J connectivity index is 2.94. The Morgan fingerprint density at radius 1 is 1.20 bits per heavy atom. The molecule has 6 N–H and O–H groups in total. The quantitative estimate of drug-likeness (QED) is 0.388. The number of hydrogen-bond donors (Lipinski definition) is 6. The fourth-order valence-corrected chi connectivity index (χ4v) is 1.66. The van der Waals surface area contributed by atoms with Gasteiger partial charge in [0.05, 0.1) is 6.61 Å². The van der Waals surface area contributed by atoms with Gasteiger partial charge in [0.1, 0.15) is 29.7 Å². The maximum Gasteiger partial charge on any atom is 0.147 e. The monoisotopic (exact) mass is 284 g/mol. The van der Waals surface area contributed by atoms with Crippen molar-refractivity contribution in [3.8, 4) is 0 Å². The highest BCUT2D eigenvalue weighted by Gasteiger charge is 2.41. The minimum atomic E-state index is -2.18. The molecule has 4 atom stereocenters. The molecule has 0 aromatic heterocycles. The Bertz CT molecular complexity index is 442. The lowest BCUT2D eigenvalue weighted by molar-refractivity contribution is -0.147. The van der Waals surface area contributed by atoms with Crippen molar-refractivity contribution in [3.63, 3.8) is 0 Å². The lowest BCUT2D eigenvalue weighted by atomic mass is 9.89. The van der Waals surface area contributed by atoms with Crippen molar-refractivity contribution < 1.29 is 30.6 Å². The molecule has 0 spiro atoms. The first-order chi connectivity index (χ1) is 9.30. The van der Waals surface area contributed by atoms with Gasteiger partial charge in [0.15, 0.2) is 0 Å². The van der Waals surface area contributed by atoms with Crippen molar-refractivity contribution in [1.29, 1.82) is 0 Å². The van der Waals surface area contributed by atoms with Gasteiger partial charge in [-0.25, -0.2) is 0 Å². The summed E-state index contributed by atoms with van der Waals surface area (Å²) in [6.07, 6.45) is -4.06. The maximum absolute atomic E-state index is 10.1. The SMILES string of the molecule is C[C@](O)(C(O)=Cc1ccccc1)[C@@H](O)[C@H](O)[C@H](O)CO. The molecular weight excluding hydrogens is 264 g/mol. The fourth-order valence-electron chi connectivity index (χ4n) is 1.66. The summed E-state index contributed by atoms with van der Waals surface area (Å²) in [6.45, 7) is 0.317. The summed E-state index contributed by atoms with van der Waals surface area (Å²) in [5.41, 5.74) is -1.58. The van der Waals surface area contributed by atoms with E-state index < -0.39 is 36.3 Å². The lowest BCUT2D eigenvalue weighted by Crippen LogP contribution is -2.53. The van der Waals surface area contributed by atoms with Gasteiger partial charge in [0.25, 0.3) is 0 Å². The Morgan fingerprint density at radius 3 is 2.25 bits per heavy atom. The van der Waals surface area contributed by atoms with Crippen LogP contribution in [0.3, 0.4) is 0 Å². The van der Waals surface area contributed by atoms with Crippen molar-refractivity contribution in [2.75, 3.05) is 6.61 Å². The fraction of sp³-hybridized carbons (Fsp3) is 0.429. The highest BCUT2D eigenvalue weighted by atomic mass is 16.4. The van der Waals surface area contributed by atoms with Crippen LogP contribution in [0.4, 0.5) is 0 Å². The van der Waals surface area contributed by atoms with Gasteiger partial charge in [-0.3, -0.25) is 0 Å². The van der Waals surface area contributed by atoms with Gasteiger partial charge < -0.3 is 30.6 Å². The third-order valence-electron chi connectivity index (χ3n) is 3.10. The second-order valence-corrected chi connectivity index (χ2v) is 4.77. The van der Waals surface area contributed by atoms with Crippen molar-refractivity contribution in [2.45, 2.75) is 30.8 Å². The molecule has 0 aliphatic rings. The molecule has 1 rings (SSSR count). The van der Waals surface area contributed by atoms with Crippen LogP contribution in [0.25, 0.3) is 6.08 Å². The number of hydrogen-bond acceptors (Lipinski definition) is 6. The van der Waals surface area contributed by atoms with Crippen molar-refractivity contribution in [3.05, 3.63) is 41.7 Å². The van der Waals surface area contributed by atoms with Crippen LogP contribution in [0.1, 0.15) is 12.5 Å². The van der Waals surface area contributed by atoms with Gasteiger partial charge in [0, 0.05) is 0 Å². The molecule has 0 heterocycles. The normalized spacial score (nSPS) is 20.0. The number of benzene rings is 1. The van der Waals surface area contributed by atoms with Crippen LogP contribution in [-0.4, -0.2) is 61.2 Å². The van der Waals surface area contributed by atoms with Crippen LogP contribution in [-0.2, 0) is 0 Å². The van der Waals surface area contributed by atoms with Crippen LogP contribution >= 0.6 is 0 Å². The minimum Gasteiger partial charge on any atom is -0.509 e. The molecule has 0 saturated carbocycles. The number of aliphatic hydroxyl groups is 6. The summed E-state index contributed by atoms with van der Waals surface area (Å²) >= 11 is 0. The molecule has 0 bridgehead atoms. The van der Waals surface area contributed by atoms with Crippen LogP contribution in [0.5, 0.6) is 0 Å². The molecule has 0 amide bonds. The first-order valence-corrected chi connectivity index (χ1v) is 6.14. The molecule has 6 nitrogen and oxygen atoms in total. The third kappa shape index (κ3) is 3.78. The smallest absolute Gasteiger partial charge is 0.147 e. The van der Waals surface area contributed by atoms with Gasteiger partial charge >= 0.3 is 0 Å². The lowest BCUT2D eigenvalue weighted by Gasteiger charge is -2.33. The second-order valence-electron chi connectivity index (χ2n) is 4.77. The molecule has 0 saturated heterocycles. The highest BCUT2D eigenvalue weighted by molar-refractivity contribution is 5.52. The Morgan fingerprint density at radius 2 is 1.75 bits per heavy atom. The molecule has 1 aromatic carbocycles. The van der Waals surface area contributed by atoms with Crippen molar-refractivity contribution in [2.24, 2.45) is 0 Å². The zero-order valence-electron chi connectivity index (χ0n) is 11.1. The van der Waals surface area contributed by atoms with E-state index in [1.54, 1.807) is 30.3 Å².